The van der Waals surface area contributed by atoms with Crippen molar-refractivity contribution in [3.05, 3.63) is 60.4 Å². The van der Waals surface area contributed by atoms with E-state index in [-0.39, 0.29) is 18.6 Å². The maximum Gasteiger partial charge on any atom is 0.254 e. The predicted molar refractivity (Wildman–Crippen MR) is 101 cm³/mol. The number of fused-ring (bicyclic) bond motifs is 1. The van der Waals surface area contributed by atoms with E-state index < -0.39 is 0 Å². The minimum absolute atomic E-state index is 0.0604. The van der Waals surface area contributed by atoms with Crippen molar-refractivity contribution in [1.29, 1.82) is 0 Å². The third kappa shape index (κ3) is 3.10. The SMILES string of the molecule is O=C(c1ccc(-n2cnc3ccccc32)cc1)N1CCCCC1CCO. The summed E-state index contributed by atoms with van der Waals surface area (Å²) < 4.78 is 2.03. The van der Waals surface area contributed by atoms with Gasteiger partial charge < -0.3 is 10.0 Å². The average Bonchev–Trinajstić information content (AvgIpc) is 3.12. The van der Waals surface area contributed by atoms with Crippen LogP contribution in [0.5, 0.6) is 0 Å². The van der Waals surface area contributed by atoms with Crippen LogP contribution in [0.15, 0.2) is 54.9 Å². The number of benzene rings is 2. The highest BCUT2D eigenvalue weighted by molar-refractivity contribution is 5.94. The summed E-state index contributed by atoms with van der Waals surface area (Å²) in [5, 5.41) is 9.27. The molecule has 1 saturated heterocycles. The molecule has 26 heavy (non-hydrogen) atoms. The number of nitrogens with zero attached hydrogens (tertiary/aromatic N) is 3. The van der Waals surface area contributed by atoms with Crippen molar-refractivity contribution in [2.24, 2.45) is 0 Å². The van der Waals surface area contributed by atoms with Crippen molar-refractivity contribution >= 4 is 16.9 Å². The second-order valence-corrected chi connectivity index (χ2v) is 6.81. The lowest BCUT2D eigenvalue weighted by atomic mass is 9.98. The topological polar surface area (TPSA) is 58.4 Å². The Hall–Kier alpha value is -2.66. The molecule has 1 aliphatic heterocycles. The molecule has 0 radical (unpaired) electrons. The molecule has 134 valence electrons. The molecular formula is C21H23N3O2. The van der Waals surface area contributed by atoms with E-state index in [0.29, 0.717) is 12.0 Å². The predicted octanol–water partition coefficient (Wildman–Crippen LogP) is 3.40. The smallest absolute Gasteiger partial charge is 0.254 e. The quantitative estimate of drug-likeness (QED) is 0.785. The van der Waals surface area contributed by atoms with E-state index in [1.807, 2.05) is 64.3 Å². The number of rotatable bonds is 4. The maximum atomic E-state index is 12.9. The van der Waals surface area contributed by atoms with Crippen molar-refractivity contribution in [3.63, 3.8) is 0 Å². The molecule has 0 aliphatic carbocycles. The van der Waals surface area contributed by atoms with E-state index in [1.165, 1.54) is 0 Å². The number of carbonyl (C=O) groups excluding carboxylic acids is 1. The van der Waals surface area contributed by atoms with Gasteiger partial charge >= 0.3 is 0 Å². The first kappa shape index (κ1) is 16.8. The van der Waals surface area contributed by atoms with Crippen LogP contribution in [-0.4, -0.2) is 44.7 Å². The van der Waals surface area contributed by atoms with Crippen molar-refractivity contribution in [3.8, 4) is 5.69 Å². The van der Waals surface area contributed by atoms with E-state index in [2.05, 4.69) is 4.98 Å². The van der Waals surface area contributed by atoms with Gasteiger partial charge in [-0.25, -0.2) is 4.98 Å². The van der Waals surface area contributed by atoms with Crippen LogP contribution in [0, 0.1) is 0 Å². The number of aromatic nitrogens is 2. The van der Waals surface area contributed by atoms with Crippen molar-refractivity contribution in [2.45, 2.75) is 31.7 Å². The van der Waals surface area contributed by atoms with Gasteiger partial charge in [-0.1, -0.05) is 12.1 Å². The zero-order chi connectivity index (χ0) is 17.9. The Labute approximate surface area is 152 Å². The third-order valence-corrected chi connectivity index (χ3v) is 5.20. The molecule has 0 spiro atoms. The van der Waals surface area contributed by atoms with Crippen LogP contribution < -0.4 is 0 Å². The van der Waals surface area contributed by atoms with Gasteiger partial charge in [0.05, 0.1) is 11.0 Å². The molecule has 1 N–H and O–H groups in total. The average molecular weight is 349 g/mol. The molecule has 2 aromatic carbocycles. The number of hydrogen-bond donors (Lipinski definition) is 1. The molecule has 0 bridgehead atoms. The van der Waals surface area contributed by atoms with Crippen molar-refractivity contribution in [2.75, 3.05) is 13.2 Å². The van der Waals surface area contributed by atoms with E-state index in [4.69, 9.17) is 0 Å². The van der Waals surface area contributed by atoms with E-state index >= 15 is 0 Å². The summed E-state index contributed by atoms with van der Waals surface area (Å²) in [6, 6.07) is 15.8. The van der Waals surface area contributed by atoms with Crippen molar-refractivity contribution in [1.82, 2.24) is 14.5 Å². The van der Waals surface area contributed by atoms with Gasteiger partial charge in [-0.05, 0) is 62.1 Å². The minimum atomic E-state index is 0.0604. The number of piperidine rings is 1. The molecule has 1 unspecified atom stereocenters. The summed E-state index contributed by atoms with van der Waals surface area (Å²) in [6.07, 6.45) is 5.60. The summed E-state index contributed by atoms with van der Waals surface area (Å²) in [6.45, 7) is 0.901. The lowest BCUT2D eigenvalue weighted by molar-refractivity contribution is 0.0574. The van der Waals surface area contributed by atoms with E-state index in [0.717, 1.165) is 42.5 Å². The minimum Gasteiger partial charge on any atom is -0.396 e. The van der Waals surface area contributed by atoms with Crippen LogP contribution in [0.4, 0.5) is 0 Å². The molecule has 1 amide bonds. The molecule has 5 nitrogen and oxygen atoms in total. The zero-order valence-electron chi connectivity index (χ0n) is 14.7. The first-order chi connectivity index (χ1) is 12.8. The van der Waals surface area contributed by atoms with E-state index in [1.54, 1.807) is 0 Å². The van der Waals surface area contributed by atoms with E-state index in [9.17, 15) is 9.90 Å². The molecule has 2 heterocycles. The molecule has 4 rings (SSSR count). The number of hydrogen-bond acceptors (Lipinski definition) is 3. The van der Waals surface area contributed by atoms with Gasteiger partial charge in [-0.3, -0.25) is 9.36 Å². The van der Waals surface area contributed by atoms with Crippen LogP contribution in [0.1, 0.15) is 36.0 Å². The fourth-order valence-electron chi connectivity index (χ4n) is 3.81. The molecule has 0 saturated carbocycles. The van der Waals surface area contributed by atoms with Gasteiger partial charge in [0.25, 0.3) is 5.91 Å². The number of imidazole rings is 1. The van der Waals surface area contributed by atoms with Gasteiger partial charge in [0.1, 0.15) is 6.33 Å². The van der Waals surface area contributed by atoms with Gasteiger partial charge in [-0.15, -0.1) is 0 Å². The molecule has 3 aromatic rings. The van der Waals surface area contributed by atoms with Gasteiger partial charge in [0, 0.05) is 30.4 Å². The first-order valence-corrected chi connectivity index (χ1v) is 9.22. The van der Waals surface area contributed by atoms with Crippen LogP contribution >= 0.6 is 0 Å². The van der Waals surface area contributed by atoms with Gasteiger partial charge in [0.2, 0.25) is 0 Å². The zero-order valence-corrected chi connectivity index (χ0v) is 14.7. The summed E-state index contributed by atoms with van der Waals surface area (Å²) in [5.74, 6) is 0.0604. The molecule has 1 aliphatic rings. The fourth-order valence-corrected chi connectivity index (χ4v) is 3.81. The molecule has 5 heteroatoms. The Kier molecular flexibility index (Phi) is 4.71. The summed E-state index contributed by atoms with van der Waals surface area (Å²) in [5.41, 5.74) is 3.68. The number of amides is 1. The Morgan fingerprint density at radius 3 is 2.73 bits per heavy atom. The molecule has 1 atom stereocenters. The third-order valence-electron chi connectivity index (χ3n) is 5.20. The highest BCUT2D eigenvalue weighted by Gasteiger charge is 2.26. The second-order valence-electron chi connectivity index (χ2n) is 6.81. The maximum absolute atomic E-state index is 12.9. The molecule has 1 fully saturated rings. The highest BCUT2D eigenvalue weighted by Crippen LogP contribution is 2.23. The lowest BCUT2D eigenvalue weighted by Crippen LogP contribution is -2.44. The largest absolute Gasteiger partial charge is 0.396 e. The lowest BCUT2D eigenvalue weighted by Gasteiger charge is -2.35. The summed E-state index contributed by atoms with van der Waals surface area (Å²) in [7, 11) is 0. The fraction of sp³-hybridized carbons (Fsp3) is 0.333. The molecule has 1 aromatic heterocycles. The van der Waals surface area contributed by atoms with Crippen LogP contribution in [0.25, 0.3) is 16.7 Å². The van der Waals surface area contributed by atoms with Gasteiger partial charge in [-0.2, -0.15) is 0 Å². The number of carbonyl (C=O) groups is 1. The monoisotopic (exact) mass is 349 g/mol. The van der Waals surface area contributed by atoms with Crippen LogP contribution in [0.2, 0.25) is 0 Å². The van der Waals surface area contributed by atoms with Crippen molar-refractivity contribution < 1.29 is 9.90 Å². The number of para-hydroxylation sites is 2. The van der Waals surface area contributed by atoms with Crippen LogP contribution in [0.3, 0.4) is 0 Å². The second kappa shape index (κ2) is 7.30. The highest BCUT2D eigenvalue weighted by atomic mass is 16.3. The van der Waals surface area contributed by atoms with Gasteiger partial charge in [0.15, 0.2) is 0 Å². The number of aliphatic hydroxyl groups excluding tert-OH is 1. The normalized spacial score (nSPS) is 17.6. The Bertz CT molecular complexity index is 899. The Morgan fingerprint density at radius 1 is 1.12 bits per heavy atom. The standard InChI is InChI=1S/C21H23N3O2/c25-14-12-17-5-3-4-13-23(17)21(26)16-8-10-18(11-9-16)24-15-22-19-6-1-2-7-20(19)24/h1-2,6-11,15,17,25H,3-5,12-14H2. The Balaban J connectivity index is 1.58. The van der Waals surface area contributed by atoms with Crippen LogP contribution in [-0.2, 0) is 0 Å². The number of aliphatic hydroxyl groups is 1. The summed E-state index contributed by atoms with van der Waals surface area (Å²) >= 11 is 0. The Morgan fingerprint density at radius 2 is 1.92 bits per heavy atom. The number of likely N-dealkylation sites (tertiary alicyclic amines) is 1. The summed E-state index contributed by atoms with van der Waals surface area (Å²) in [4.78, 5) is 19.3. The first-order valence-electron chi connectivity index (χ1n) is 9.22. The molecular weight excluding hydrogens is 326 g/mol.